The molecule has 8 heteroatoms. The molecule has 1 amide bonds. The van der Waals surface area contributed by atoms with E-state index in [9.17, 15) is 25.3 Å². The normalized spacial score (nSPS) is 37.1. The highest BCUT2D eigenvalue weighted by Gasteiger charge is 2.59. The smallest absolute Gasteiger partial charge is 0.296 e. The molecule has 3 rings (SSSR count). The molecule has 0 aliphatic carbocycles. The van der Waals surface area contributed by atoms with Gasteiger partial charge in [0.05, 0.1) is 12.3 Å². The third-order valence-corrected chi connectivity index (χ3v) is 4.82. The minimum absolute atomic E-state index is 0.282. The number of aliphatic hydroxyl groups is 3. The summed E-state index contributed by atoms with van der Waals surface area (Å²) in [5.74, 6) is -0.889. The number of thioether (sulfide) groups is 1. The van der Waals surface area contributed by atoms with Gasteiger partial charge in [0.15, 0.2) is 0 Å². The molecule has 4 N–H and O–H groups in total. The zero-order chi connectivity index (χ0) is 14.5. The maximum Gasteiger partial charge on any atom is 0.296 e. The lowest BCUT2D eigenvalue weighted by Crippen LogP contribution is -2.66. The molecule has 1 aromatic rings. The lowest BCUT2D eigenvalue weighted by Gasteiger charge is -2.46. The first-order valence-electron chi connectivity index (χ1n) is 5.97. The van der Waals surface area contributed by atoms with Gasteiger partial charge in [0.2, 0.25) is 4.93 Å². The van der Waals surface area contributed by atoms with Crippen LogP contribution in [0.5, 0.6) is 0 Å². The number of para-hydroxylation sites is 1. The topological polar surface area (TPSA) is 110 Å². The Kier molecular flexibility index (Phi) is 3.24. The van der Waals surface area contributed by atoms with Crippen molar-refractivity contribution in [3.63, 3.8) is 0 Å². The van der Waals surface area contributed by atoms with Gasteiger partial charge >= 0.3 is 0 Å². The van der Waals surface area contributed by atoms with Crippen LogP contribution in [0.3, 0.4) is 0 Å². The van der Waals surface area contributed by atoms with Gasteiger partial charge in [0.1, 0.15) is 18.3 Å². The number of hydrogen-bond donors (Lipinski definition) is 4. The van der Waals surface area contributed by atoms with Crippen molar-refractivity contribution in [1.29, 1.82) is 0 Å². The van der Waals surface area contributed by atoms with Crippen LogP contribution in [-0.2, 0) is 9.53 Å². The van der Waals surface area contributed by atoms with Crippen LogP contribution in [0, 0.1) is 0 Å². The van der Waals surface area contributed by atoms with Crippen molar-refractivity contribution < 1.29 is 30.1 Å². The monoisotopic (exact) mass is 299 g/mol. The highest BCUT2D eigenvalue weighted by atomic mass is 32.2. The molecule has 1 saturated heterocycles. The summed E-state index contributed by atoms with van der Waals surface area (Å²) >= 11 is 0.911. The van der Waals surface area contributed by atoms with Gasteiger partial charge in [-0.25, -0.2) is 0 Å². The fourth-order valence-corrected chi connectivity index (χ4v) is 3.58. The van der Waals surface area contributed by atoms with Crippen LogP contribution >= 0.6 is 11.8 Å². The number of benzene rings is 1. The number of rotatable bonds is 0. The van der Waals surface area contributed by atoms with Gasteiger partial charge in [-0.3, -0.25) is 10.0 Å². The number of amides is 1. The van der Waals surface area contributed by atoms with Crippen molar-refractivity contribution in [3.8, 4) is 0 Å². The Labute approximate surface area is 118 Å². The molecule has 1 aromatic carbocycles. The maximum atomic E-state index is 12.3. The first kappa shape index (κ1) is 13.8. The standard InChI is InChI=1S/C12H13NO6S/c14-7-5-19-12(10(16)9(7)15)11(17)13(18)6-3-1-2-4-8(6)20-12/h1-4,7,9-10,14-16,18H,5H2/t7-,9-,10+,12?/m1/s1. The predicted molar refractivity (Wildman–Crippen MR) is 68.3 cm³/mol. The molecule has 0 bridgehead atoms. The number of carbonyl (C=O) groups is 1. The number of nitrogens with zero attached hydrogens (tertiary/aromatic N) is 1. The summed E-state index contributed by atoms with van der Waals surface area (Å²) in [6.07, 6.45) is -4.47. The van der Waals surface area contributed by atoms with Gasteiger partial charge in [0, 0.05) is 4.90 Å². The molecule has 0 aromatic heterocycles. The van der Waals surface area contributed by atoms with E-state index in [2.05, 4.69) is 0 Å². The van der Waals surface area contributed by atoms with Crippen LogP contribution in [0.2, 0.25) is 0 Å². The van der Waals surface area contributed by atoms with E-state index in [0.717, 1.165) is 11.8 Å². The van der Waals surface area contributed by atoms with E-state index in [-0.39, 0.29) is 12.3 Å². The minimum Gasteiger partial charge on any atom is -0.388 e. The van der Waals surface area contributed by atoms with Crippen LogP contribution in [0.15, 0.2) is 29.2 Å². The fraction of sp³-hybridized carbons (Fsp3) is 0.417. The Bertz CT molecular complexity index is 555. The van der Waals surface area contributed by atoms with Crippen LogP contribution in [-0.4, -0.2) is 56.3 Å². The number of fused-ring (bicyclic) bond motifs is 1. The molecule has 2 heterocycles. The second-order valence-electron chi connectivity index (χ2n) is 4.67. The maximum absolute atomic E-state index is 12.3. The largest absolute Gasteiger partial charge is 0.388 e. The van der Waals surface area contributed by atoms with Crippen molar-refractivity contribution in [2.75, 3.05) is 11.7 Å². The van der Waals surface area contributed by atoms with E-state index >= 15 is 0 Å². The summed E-state index contributed by atoms with van der Waals surface area (Å²) in [5.41, 5.74) is 0.282. The molecule has 1 unspecified atom stereocenters. The van der Waals surface area contributed by atoms with Crippen LogP contribution in [0.4, 0.5) is 5.69 Å². The number of aliphatic hydroxyl groups excluding tert-OH is 3. The second-order valence-corrected chi connectivity index (χ2v) is 5.92. The third-order valence-electron chi connectivity index (χ3n) is 3.42. The number of hydrogen-bond acceptors (Lipinski definition) is 7. The first-order chi connectivity index (χ1) is 9.47. The number of hydroxylamine groups is 1. The molecular weight excluding hydrogens is 286 g/mol. The molecule has 0 saturated carbocycles. The quantitative estimate of drug-likeness (QED) is 0.470. The molecule has 1 spiro atoms. The molecule has 4 atom stereocenters. The third kappa shape index (κ3) is 1.77. The Morgan fingerprint density at radius 2 is 2.00 bits per heavy atom. The molecule has 7 nitrogen and oxygen atoms in total. The number of anilines is 1. The molecule has 20 heavy (non-hydrogen) atoms. The summed E-state index contributed by atoms with van der Waals surface area (Å²) < 4.78 is 5.29. The predicted octanol–water partition coefficient (Wildman–Crippen LogP) is -0.676. The van der Waals surface area contributed by atoms with E-state index in [4.69, 9.17) is 4.74 Å². The van der Waals surface area contributed by atoms with E-state index < -0.39 is 29.2 Å². The van der Waals surface area contributed by atoms with E-state index in [1.165, 1.54) is 0 Å². The summed E-state index contributed by atoms with van der Waals surface area (Å²) in [5, 5.41) is 39.7. The van der Waals surface area contributed by atoms with E-state index in [1.54, 1.807) is 24.3 Å². The highest BCUT2D eigenvalue weighted by Crippen LogP contribution is 2.49. The van der Waals surface area contributed by atoms with Gasteiger partial charge in [0.25, 0.3) is 5.91 Å². The first-order valence-corrected chi connectivity index (χ1v) is 6.78. The lowest BCUT2D eigenvalue weighted by atomic mass is 9.98. The summed E-state index contributed by atoms with van der Waals surface area (Å²) in [6, 6.07) is 6.58. The Balaban J connectivity index is 2.05. The van der Waals surface area contributed by atoms with Crippen LogP contribution in [0.1, 0.15) is 0 Å². The SMILES string of the molecule is O=C1N(O)c2ccccc2SC12OC[C@@H](O)[C@@H](O)[C@@H]2O. The molecule has 2 aliphatic rings. The van der Waals surface area contributed by atoms with Crippen molar-refractivity contribution in [2.45, 2.75) is 28.1 Å². The second kappa shape index (κ2) is 4.69. The Morgan fingerprint density at radius 1 is 1.30 bits per heavy atom. The number of carbonyl (C=O) groups excluding carboxylic acids is 1. The van der Waals surface area contributed by atoms with Gasteiger partial charge in [-0.05, 0) is 12.1 Å². The average molecular weight is 299 g/mol. The van der Waals surface area contributed by atoms with Crippen molar-refractivity contribution in [1.82, 2.24) is 0 Å². The zero-order valence-corrected chi connectivity index (χ0v) is 11.0. The van der Waals surface area contributed by atoms with Gasteiger partial charge in [-0.2, -0.15) is 5.06 Å². The summed E-state index contributed by atoms with van der Waals surface area (Å²) in [4.78, 5) is 11.0. The van der Waals surface area contributed by atoms with E-state index in [0.29, 0.717) is 9.96 Å². The zero-order valence-electron chi connectivity index (χ0n) is 10.2. The average Bonchev–Trinajstić information content (AvgIpc) is 2.46. The molecular formula is C12H13NO6S. The summed E-state index contributed by atoms with van der Waals surface area (Å²) in [7, 11) is 0. The van der Waals surface area contributed by atoms with Crippen molar-refractivity contribution in [3.05, 3.63) is 24.3 Å². The Hall–Kier alpha value is -1.16. The van der Waals surface area contributed by atoms with E-state index in [1.807, 2.05) is 0 Å². The van der Waals surface area contributed by atoms with Crippen LogP contribution < -0.4 is 5.06 Å². The number of ether oxygens (including phenoxy) is 1. The molecule has 2 aliphatic heterocycles. The van der Waals surface area contributed by atoms with Crippen LogP contribution in [0.25, 0.3) is 0 Å². The van der Waals surface area contributed by atoms with Gasteiger partial charge in [-0.1, -0.05) is 23.9 Å². The molecule has 108 valence electrons. The lowest BCUT2D eigenvalue weighted by molar-refractivity contribution is -0.204. The van der Waals surface area contributed by atoms with Gasteiger partial charge < -0.3 is 20.1 Å². The highest BCUT2D eigenvalue weighted by molar-refractivity contribution is 8.01. The molecule has 0 radical (unpaired) electrons. The van der Waals surface area contributed by atoms with Gasteiger partial charge in [-0.15, -0.1) is 0 Å². The fourth-order valence-electron chi connectivity index (χ4n) is 2.29. The summed E-state index contributed by atoms with van der Waals surface area (Å²) in [6.45, 7) is -0.313. The molecule has 1 fully saturated rings. The Morgan fingerprint density at radius 3 is 2.75 bits per heavy atom. The van der Waals surface area contributed by atoms with Crippen molar-refractivity contribution >= 4 is 23.4 Å². The minimum atomic E-state index is -1.86. The van der Waals surface area contributed by atoms with Crippen molar-refractivity contribution in [2.24, 2.45) is 0 Å².